The summed E-state index contributed by atoms with van der Waals surface area (Å²) in [6, 6.07) is 82.5. The van der Waals surface area contributed by atoms with E-state index in [9.17, 15) is 0 Å². The number of benzene rings is 9. The third kappa shape index (κ3) is 5.69. The zero-order valence-electron chi connectivity index (χ0n) is 33.7. The van der Waals surface area contributed by atoms with Crippen molar-refractivity contribution >= 4 is 67.8 Å². The van der Waals surface area contributed by atoms with Crippen molar-refractivity contribution in [2.45, 2.75) is 19.3 Å². The molecule has 10 aromatic rings. The molecule has 0 amide bonds. The van der Waals surface area contributed by atoms with Crippen LogP contribution < -0.4 is 25.6 Å². The first kappa shape index (κ1) is 35.9. The zero-order chi connectivity index (χ0) is 40.3. The van der Waals surface area contributed by atoms with Crippen LogP contribution in [0.2, 0.25) is 0 Å². The average molecular weight is 786 g/mol. The van der Waals surface area contributed by atoms with Gasteiger partial charge in [0.05, 0.1) is 0 Å². The van der Waals surface area contributed by atoms with Gasteiger partial charge in [-0.05, 0) is 96.6 Å². The fourth-order valence-corrected chi connectivity index (χ4v) is 14.7. The molecular formula is C57H43NOSi. The number of nitrogens with zero attached hydrogens (tertiary/aromatic N) is 1. The molecule has 0 bridgehead atoms. The molecule has 0 spiro atoms. The molecule has 3 heteroatoms. The lowest BCUT2D eigenvalue weighted by Crippen LogP contribution is -2.74. The number of hydrogen-bond donors (Lipinski definition) is 0. The van der Waals surface area contributed by atoms with Crippen LogP contribution in [0.4, 0.5) is 17.1 Å². The minimum atomic E-state index is -2.61. The monoisotopic (exact) mass is 785 g/mol. The Morgan fingerprint density at radius 1 is 0.367 bits per heavy atom. The van der Waals surface area contributed by atoms with Gasteiger partial charge in [0.1, 0.15) is 11.2 Å². The lowest BCUT2D eigenvalue weighted by molar-refractivity contribution is 0.660. The summed E-state index contributed by atoms with van der Waals surface area (Å²) in [7, 11) is -2.61. The van der Waals surface area contributed by atoms with Crippen LogP contribution >= 0.6 is 0 Å². The third-order valence-corrected chi connectivity index (χ3v) is 17.6. The Balaban J connectivity index is 1.01. The molecule has 1 aliphatic rings. The fourth-order valence-electron chi connectivity index (χ4n) is 9.91. The zero-order valence-corrected chi connectivity index (χ0v) is 34.7. The molecule has 2 nitrogen and oxygen atoms in total. The van der Waals surface area contributed by atoms with Crippen molar-refractivity contribution in [3.05, 3.63) is 236 Å². The van der Waals surface area contributed by atoms with E-state index in [0.717, 1.165) is 39.0 Å². The first-order valence-corrected chi connectivity index (χ1v) is 22.8. The standard InChI is InChI=1S/C57H43NOSi/c1-57(2)53-24-14-12-22-49(53)50-36-32-43(38-54(50)57)58(44-33-37-52-51-23-13-15-25-55(51)59-56(52)39-44)42-30-26-40(27-31-42)41-28-34-48(35-29-41)60(45-16-6-3-7-17-45,46-18-8-4-9-19-46)47-20-10-5-11-21-47/h3-39H,1-2H3. The molecule has 0 unspecified atom stereocenters. The lowest BCUT2D eigenvalue weighted by atomic mass is 9.82. The summed E-state index contributed by atoms with van der Waals surface area (Å²) in [4.78, 5) is 2.37. The molecule has 11 rings (SSSR count). The summed E-state index contributed by atoms with van der Waals surface area (Å²) in [6.07, 6.45) is 0. The second-order valence-corrected chi connectivity index (χ2v) is 20.3. The Morgan fingerprint density at radius 2 is 0.833 bits per heavy atom. The highest BCUT2D eigenvalue weighted by molar-refractivity contribution is 7.19. The maximum absolute atomic E-state index is 6.44. The van der Waals surface area contributed by atoms with Crippen LogP contribution in [0.1, 0.15) is 25.0 Å². The average Bonchev–Trinajstić information content (AvgIpc) is 3.79. The summed E-state index contributed by atoms with van der Waals surface area (Å²) >= 11 is 0. The Hall–Kier alpha value is -7.20. The van der Waals surface area contributed by atoms with Gasteiger partial charge in [0.15, 0.2) is 8.07 Å². The molecule has 60 heavy (non-hydrogen) atoms. The van der Waals surface area contributed by atoms with Gasteiger partial charge in [-0.3, -0.25) is 0 Å². The molecule has 0 radical (unpaired) electrons. The minimum absolute atomic E-state index is 0.117. The number of para-hydroxylation sites is 1. The van der Waals surface area contributed by atoms with Crippen molar-refractivity contribution < 1.29 is 4.42 Å². The van der Waals surface area contributed by atoms with Crippen LogP contribution in [0.5, 0.6) is 0 Å². The molecule has 286 valence electrons. The van der Waals surface area contributed by atoms with Crippen LogP contribution in [0.25, 0.3) is 44.2 Å². The van der Waals surface area contributed by atoms with E-state index in [2.05, 4.69) is 231 Å². The van der Waals surface area contributed by atoms with E-state index in [0.29, 0.717) is 0 Å². The second-order valence-electron chi connectivity index (χ2n) is 16.5. The summed E-state index contributed by atoms with van der Waals surface area (Å²) in [6.45, 7) is 4.69. The van der Waals surface area contributed by atoms with Crippen LogP contribution in [-0.2, 0) is 5.41 Å². The predicted octanol–water partition coefficient (Wildman–Crippen LogP) is 12.4. The number of anilines is 3. The van der Waals surface area contributed by atoms with Gasteiger partial charge < -0.3 is 9.32 Å². The molecule has 0 aliphatic heterocycles. The van der Waals surface area contributed by atoms with E-state index in [1.54, 1.807) is 0 Å². The van der Waals surface area contributed by atoms with Gasteiger partial charge in [-0.2, -0.15) is 0 Å². The number of fused-ring (bicyclic) bond motifs is 6. The van der Waals surface area contributed by atoms with Crippen molar-refractivity contribution in [2.75, 3.05) is 4.90 Å². The molecular weight excluding hydrogens is 743 g/mol. The maximum Gasteiger partial charge on any atom is 0.179 e. The van der Waals surface area contributed by atoms with Gasteiger partial charge in [-0.15, -0.1) is 0 Å². The van der Waals surface area contributed by atoms with E-state index in [1.807, 2.05) is 12.1 Å². The Bertz CT molecular complexity index is 3050. The van der Waals surface area contributed by atoms with Crippen molar-refractivity contribution in [3.8, 4) is 22.3 Å². The van der Waals surface area contributed by atoms with Gasteiger partial charge in [0, 0.05) is 39.3 Å². The molecule has 0 saturated heterocycles. The third-order valence-electron chi connectivity index (χ3n) is 12.8. The molecule has 9 aromatic carbocycles. The van der Waals surface area contributed by atoms with E-state index < -0.39 is 8.07 Å². The number of furan rings is 1. The molecule has 1 aromatic heterocycles. The molecule has 1 heterocycles. The predicted molar refractivity (Wildman–Crippen MR) is 255 cm³/mol. The highest BCUT2D eigenvalue weighted by atomic mass is 28.3. The molecule has 1 aliphatic carbocycles. The summed E-state index contributed by atoms with van der Waals surface area (Å²) in [5.41, 5.74) is 12.6. The van der Waals surface area contributed by atoms with Crippen LogP contribution in [-0.4, -0.2) is 8.07 Å². The van der Waals surface area contributed by atoms with Gasteiger partial charge in [0.2, 0.25) is 0 Å². The molecule has 0 fully saturated rings. The fraction of sp³-hybridized carbons (Fsp3) is 0.0526. The lowest BCUT2D eigenvalue weighted by Gasteiger charge is -2.34. The highest BCUT2D eigenvalue weighted by Gasteiger charge is 2.41. The smallest absolute Gasteiger partial charge is 0.179 e. The van der Waals surface area contributed by atoms with E-state index in [1.165, 1.54) is 54.1 Å². The van der Waals surface area contributed by atoms with Crippen LogP contribution in [0, 0.1) is 0 Å². The second kappa shape index (κ2) is 14.3. The van der Waals surface area contributed by atoms with Crippen molar-refractivity contribution in [1.29, 1.82) is 0 Å². The van der Waals surface area contributed by atoms with E-state index >= 15 is 0 Å². The van der Waals surface area contributed by atoms with Crippen LogP contribution in [0.3, 0.4) is 0 Å². The first-order chi connectivity index (χ1) is 29.5. The highest BCUT2D eigenvalue weighted by Crippen LogP contribution is 2.51. The van der Waals surface area contributed by atoms with Crippen molar-refractivity contribution in [3.63, 3.8) is 0 Å². The summed E-state index contributed by atoms with van der Waals surface area (Å²) in [5, 5.41) is 7.74. The summed E-state index contributed by atoms with van der Waals surface area (Å²) < 4.78 is 6.44. The van der Waals surface area contributed by atoms with E-state index in [4.69, 9.17) is 4.42 Å². The Morgan fingerprint density at radius 3 is 1.48 bits per heavy atom. The maximum atomic E-state index is 6.44. The van der Waals surface area contributed by atoms with Gasteiger partial charge in [-0.1, -0.05) is 190 Å². The van der Waals surface area contributed by atoms with Gasteiger partial charge in [-0.25, -0.2) is 0 Å². The quantitative estimate of drug-likeness (QED) is 0.113. The van der Waals surface area contributed by atoms with Crippen molar-refractivity contribution in [2.24, 2.45) is 0 Å². The van der Waals surface area contributed by atoms with Crippen LogP contribution in [0.15, 0.2) is 229 Å². The first-order valence-electron chi connectivity index (χ1n) is 20.8. The van der Waals surface area contributed by atoms with Crippen molar-refractivity contribution in [1.82, 2.24) is 0 Å². The molecule has 0 saturated carbocycles. The topological polar surface area (TPSA) is 16.4 Å². The number of rotatable bonds is 8. The number of hydrogen-bond acceptors (Lipinski definition) is 2. The van der Waals surface area contributed by atoms with E-state index in [-0.39, 0.29) is 5.41 Å². The molecule has 0 N–H and O–H groups in total. The SMILES string of the molecule is CC1(C)c2ccccc2-c2ccc(N(c3ccc(-c4ccc([Si](c5ccccc5)(c5ccccc5)c5ccccc5)cc4)cc3)c3ccc4c(c3)oc3ccccc34)cc21. The Kier molecular flexibility index (Phi) is 8.54. The normalized spacial score (nSPS) is 13.0. The molecule has 0 atom stereocenters. The summed E-state index contributed by atoms with van der Waals surface area (Å²) in [5.74, 6) is 0. The van der Waals surface area contributed by atoms with Gasteiger partial charge in [0.25, 0.3) is 0 Å². The Labute approximate surface area is 352 Å². The largest absolute Gasteiger partial charge is 0.456 e. The minimum Gasteiger partial charge on any atom is -0.456 e. The van der Waals surface area contributed by atoms with Gasteiger partial charge >= 0.3 is 0 Å².